The number of ether oxygens (including phenoxy) is 2. The number of nitrogens with zero attached hydrogens (tertiary/aromatic N) is 1. The number of quaternary nitrogens is 1. The Kier molecular flexibility index (Phi) is 35.9. The largest absolute Gasteiger partial charge is 0.756 e. The van der Waals surface area contributed by atoms with E-state index >= 15 is 0 Å². The van der Waals surface area contributed by atoms with Gasteiger partial charge in [0.15, 0.2) is 6.10 Å². The fourth-order valence-corrected chi connectivity index (χ4v) is 5.87. The second-order valence-corrected chi connectivity index (χ2v) is 16.5. The lowest BCUT2D eigenvalue weighted by atomic mass is 10.1. The number of phosphoric acid groups is 1. The zero-order chi connectivity index (χ0) is 41.4. The van der Waals surface area contributed by atoms with Crippen LogP contribution >= 0.6 is 7.82 Å². The van der Waals surface area contributed by atoms with Crippen LogP contribution in [-0.2, 0) is 32.7 Å². The maximum Gasteiger partial charge on any atom is 0.306 e. The second kappa shape index (κ2) is 37.7. The van der Waals surface area contributed by atoms with E-state index in [1.54, 1.807) is 0 Å². The van der Waals surface area contributed by atoms with Crippen molar-refractivity contribution >= 4 is 19.8 Å². The molecule has 0 heterocycles. The third-order valence-corrected chi connectivity index (χ3v) is 9.46. The number of esters is 2. The normalized spacial score (nSPS) is 14.5. The minimum absolute atomic E-state index is 0.0448. The highest BCUT2D eigenvalue weighted by Crippen LogP contribution is 2.38. The minimum Gasteiger partial charge on any atom is -0.756 e. The van der Waals surface area contributed by atoms with Gasteiger partial charge in [0.1, 0.15) is 19.8 Å². The van der Waals surface area contributed by atoms with Crippen molar-refractivity contribution in [1.82, 2.24) is 0 Å². The van der Waals surface area contributed by atoms with Crippen LogP contribution in [0.5, 0.6) is 0 Å². The Hall–Kier alpha value is -2.81. The van der Waals surface area contributed by atoms with E-state index in [1.165, 1.54) is 25.7 Å². The first-order chi connectivity index (χ1) is 27.0. The fourth-order valence-electron chi connectivity index (χ4n) is 5.14. The molecule has 0 aliphatic heterocycles. The third kappa shape index (κ3) is 40.8. The summed E-state index contributed by atoms with van der Waals surface area (Å²) in [6, 6.07) is 0. The van der Waals surface area contributed by atoms with E-state index in [9.17, 15) is 19.0 Å². The van der Waals surface area contributed by atoms with Gasteiger partial charge in [-0.05, 0) is 70.6 Å². The van der Waals surface area contributed by atoms with Gasteiger partial charge < -0.3 is 27.9 Å². The number of phosphoric ester groups is 1. The SMILES string of the molecule is CC/C=C/C=C/C=C/C=C/CCCCCCCC(=O)O[C@H](COC(=O)CCCCCC/C=C/C/C=C/C/C=C/CCCCC)COP(=O)([O-])OCC[N+](C)(C)C. The maximum absolute atomic E-state index is 12.7. The Morgan fingerprint density at radius 2 is 1.09 bits per heavy atom. The van der Waals surface area contributed by atoms with Gasteiger partial charge >= 0.3 is 11.9 Å². The summed E-state index contributed by atoms with van der Waals surface area (Å²) in [5, 5.41) is 0. The molecule has 0 aliphatic carbocycles. The molecule has 0 saturated heterocycles. The number of allylic oxidation sites excluding steroid dienone is 14. The second-order valence-electron chi connectivity index (χ2n) is 15.1. The standard InChI is InChI=1S/C46H78NO8P/c1-6-8-10-12-14-16-18-20-22-23-25-26-28-30-32-34-36-38-45(48)52-42-44(43-54-56(50,51)53-41-40-47(3,4)5)55-46(49)39-37-35-33-31-29-27-24-21-19-17-15-13-11-9-7-2/h9,11,13-17,19-22,24-26,44H,6-8,10,12,18,23,27-43H2,1-5H3/b11-9+,15-13+,16-14+,19-17+,22-20+,24-21+,26-25+/t44-/m1/s1. The van der Waals surface area contributed by atoms with Crippen LogP contribution in [0.15, 0.2) is 85.1 Å². The molecule has 1 unspecified atom stereocenters. The van der Waals surface area contributed by atoms with E-state index in [2.05, 4.69) is 68.5 Å². The van der Waals surface area contributed by atoms with Gasteiger partial charge in [-0.15, -0.1) is 0 Å². The molecule has 0 aromatic heterocycles. The van der Waals surface area contributed by atoms with E-state index in [0.29, 0.717) is 23.9 Å². The summed E-state index contributed by atoms with van der Waals surface area (Å²) in [6.45, 7) is 3.97. The molecule has 0 aromatic carbocycles. The zero-order valence-corrected chi connectivity index (χ0v) is 36.7. The van der Waals surface area contributed by atoms with Crippen LogP contribution in [0.4, 0.5) is 0 Å². The monoisotopic (exact) mass is 804 g/mol. The summed E-state index contributed by atoms with van der Waals surface area (Å²) in [5.74, 6) is -0.897. The highest BCUT2D eigenvalue weighted by atomic mass is 31.2. The average Bonchev–Trinajstić information content (AvgIpc) is 3.15. The topological polar surface area (TPSA) is 111 Å². The van der Waals surface area contributed by atoms with Crippen molar-refractivity contribution in [2.75, 3.05) is 47.5 Å². The Morgan fingerprint density at radius 3 is 1.68 bits per heavy atom. The van der Waals surface area contributed by atoms with Gasteiger partial charge in [0.2, 0.25) is 0 Å². The highest BCUT2D eigenvalue weighted by molar-refractivity contribution is 7.45. The highest BCUT2D eigenvalue weighted by Gasteiger charge is 2.21. The van der Waals surface area contributed by atoms with Crippen LogP contribution < -0.4 is 4.89 Å². The van der Waals surface area contributed by atoms with Crippen molar-refractivity contribution in [2.45, 2.75) is 148 Å². The first-order valence-corrected chi connectivity index (χ1v) is 22.8. The van der Waals surface area contributed by atoms with Crippen LogP contribution in [-0.4, -0.2) is 70.0 Å². The summed E-state index contributed by atoms with van der Waals surface area (Å²) in [7, 11) is 1.12. The summed E-state index contributed by atoms with van der Waals surface area (Å²) >= 11 is 0. The number of hydrogen-bond donors (Lipinski definition) is 0. The third-order valence-electron chi connectivity index (χ3n) is 8.49. The Morgan fingerprint density at radius 1 is 0.589 bits per heavy atom. The number of carbonyl (C=O) groups is 2. The molecule has 0 spiro atoms. The molecule has 0 aliphatic rings. The number of hydrogen-bond acceptors (Lipinski definition) is 8. The Labute approximate surface area is 341 Å². The zero-order valence-electron chi connectivity index (χ0n) is 35.8. The van der Waals surface area contributed by atoms with E-state index in [4.69, 9.17) is 18.5 Å². The molecular formula is C46H78NO8P. The first kappa shape index (κ1) is 53.2. The van der Waals surface area contributed by atoms with Crippen molar-refractivity contribution in [3.63, 3.8) is 0 Å². The maximum atomic E-state index is 12.7. The smallest absolute Gasteiger partial charge is 0.306 e. The van der Waals surface area contributed by atoms with Gasteiger partial charge in [-0.3, -0.25) is 14.2 Å². The molecule has 0 fully saturated rings. The van der Waals surface area contributed by atoms with E-state index in [0.717, 1.165) is 77.0 Å². The predicted molar refractivity (Wildman–Crippen MR) is 231 cm³/mol. The van der Waals surface area contributed by atoms with Crippen molar-refractivity contribution in [2.24, 2.45) is 0 Å². The van der Waals surface area contributed by atoms with Crippen LogP contribution in [0.25, 0.3) is 0 Å². The number of likely N-dealkylation sites (N-methyl/N-ethyl adjacent to an activating group) is 1. The molecule has 9 nitrogen and oxygen atoms in total. The first-order valence-electron chi connectivity index (χ1n) is 21.3. The molecule has 0 saturated carbocycles. The van der Waals surface area contributed by atoms with Gasteiger partial charge in [0.25, 0.3) is 7.82 Å². The van der Waals surface area contributed by atoms with Crippen molar-refractivity contribution in [3.8, 4) is 0 Å². The van der Waals surface area contributed by atoms with E-state index in [-0.39, 0.29) is 26.1 Å². The lowest BCUT2D eigenvalue weighted by Gasteiger charge is -2.28. The van der Waals surface area contributed by atoms with Gasteiger partial charge in [-0.1, -0.05) is 144 Å². The van der Waals surface area contributed by atoms with Crippen molar-refractivity contribution in [3.05, 3.63) is 85.1 Å². The van der Waals surface area contributed by atoms with Crippen LogP contribution in [0, 0.1) is 0 Å². The molecule has 0 N–H and O–H groups in total. The molecule has 10 heteroatoms. The average molecular weight is 804 g/mol. The lowest BCUT2D eigenvalue weighted by Crippen LogP contribution is -2.37. The Balaban J connectivity index is 4.48. The van der Waals surface area contributed by atoms with Crippen molar-refractivity contribution in [1.29, 1.82) is 0 Å². The lowest BCUT2D eigenvalue weighted by molar-refractivity contribution is -0.870. The predicted octanol–water partition coefficient (Wildman–Crippen LogP) is 11.4. The van der Waals surface area contributed by atoms with Crippen molar-refractivity contribution < 1.29 is 42.1 Å². The van der Waals surface area contributed by atoms with Gasteiger partial charge in [0.05, 0.1) is 27.7 Å². The molecule has 320 valence electrons. The van der Waals surface area contributed by atoms with E-state index in [1.807, 2.05) is 51.5 Å². The summed E-state index contributed by atoms with van der Waals surface area (Å²) in [6.07, 6.45) is 47.5. The molecule has 0 amide bonds. The molecule has 0 aromatic rings. The molecule has 0 rings (SSSR count). The number of carbonyl (C=O) groups excluding carboxylic acids is 2. The minimum atomic E-state index is -4.64. The van der Waals surface area contributed by atoms with Gasteiger partial charge in [-0.25, -0.2) is 0 Å². The molecule has 56 heavy (non-hydrogen) atoms. The fraction of sp³-hybridized carbons (Fsp3) is 0.652. The molecular weight excluding hydrogens is 725 g/mol. The van der Waals surface area contributed by atoms with Gasteiger partial charge in [-0.2, -0.15) is 0 Å². The molecule has 0 radical (unpaired) electrons. The van der Waals surface area contributed by atoms with E-state index < -0.39 is 32.5 Å². The van der Waals surface area contributed by atoms with Crippen LogP contribution in [0.1, 0.15) is 142 Å². The number of unbranched alkanes of at least 4 members (excludes halogenated alkanes) is 12. The molecule has 2 atom stereocenters. The van der Waals surface area contributed by atoms with Crippen LogP contribution in [0.3, 0.4) is 0 Å². The molecule has 0 bridgehead atoms. The quantitative estimate of drug-likeness (QED) is 0.0152. The van der Waals surface area contributed by atoms with Crippen LogP contribution in [0.2, 0.25) is 0 Å². The summed E-state index contributed by atoms with van der Waals surface area (Å²) in [5.41, 5.74) is 0. The summed E-state index contributed by atoms with van der Waals surface area (Å²) in [4.78, 5) is 37.5. The van der Waals surface area contributed by atoms with Gasteiger partial charge in [0, 0.05) is 12.8 Å². The Bertz CT molecular complexity index is 1230. The number of rotatable bonds is 37. The summed E-state index contributed by atoms with van der Waals surface area (Å²) < 4.78 is 33.8.